The Bertz CT molecular complexity index is 504. The molecule has 1 aliphatic carbocycles. The molecule has 2 rings (SSSR count). The zero-order valence-electron chi connectivity index (χ0n) is 12.5. The number of nitrogens with one attached hydrogen (secondary N) is 3. The van der Waals surface area contributed by atoms with Crippen LogP contribution in [-0.4, -0.2) is 40.4 Å². The number of amides is 2. The molecule has 1 aromatic heterocycles. The van der Waals surface area contributed by atoms with Gasteiger partial charge in [-0.1, -0.05) is 0 Å². The molecule has 0 radical (unpaired) electrons. The summed E-state index contributed by atoms with van der Waals surface area (Å²) in [6, 6.07) is 0.366. The van der Waals surface area contributed by atoms with E-state index in [2.05, 4.69) is 20.6 Å². The second-order valence-electron chi connectivity index (χ2n) is 5.49. The largest absolute Gasteiger partial charge is 0.353 e. The van der Waals surface area contributed by atoms with E-state index in [9.17, 15) is 9.59 Å². The fourth-order valence-corrected chi connectivity index (χ4v) is 2.59. The first-order valence-corrected chi connectivity index (χ1v) is 7.64. The maximum Gasteiger partial charge on any atom is 0.244 e. The van der Waals surface area contributed by atoms with Crippen LogP contribution in [0.3, 0.4) is 0 Å². The molecule has 1 heterocycles. The first kappa shape index (κ1) is 16.2. The van der Waals surface area contributed by atoms with E-state index in [1.807, 2.05) is 0 Å². The summed E-state index contributed by atoms with van der Waals surface area (Å²) in [5.41, 5.74) is 6.08. The predicted octanol–water partition coefficient (Wildman–Crippen LogP) is 0.315. The first-order valence-electron chi connectivity index (χ1n) is 7.64. The summed E-state index contributed by atoms with van der Waals surface area (Å²) >= 11 is 0. The Hall–Kier alpha value is -2.15. The Morgan fingerprint density at radius 1 is 1.27 bits per heavy atom. The van der Waals surface area contributed by atoms with Gasteiger partial charge in [-0.25, -0.2) is 4.98 Å². The molecule has 0 spiro atoms. The number of aromatic nitrogens is 2. The molecule has 7 heteroatoms. The van der Waals surface area contributed by atoms with Gasteiger partial charge in [-0.3, -0.25) is 9.59 Å². The highest BCUT2D eigenvalue weighted by atomic mass is 16.2. The van der Waals surface area contributed by atoms with Crippen molar-refractivity contribution in [3.8, 4) is 0 Å². The topological polar surface area (TPSA) is 113 Å². The SMILES string of the molecule is NCCC(=O)NC1CCC(NC(=O)/C=C/c2c[nH]cn2)CC1. The van der Waals surface area contributed by atoms with Crippen molar-refractivity contribution in [1.82, 2.24) is 20.6 Å². The van der Waals surface area contributed by atoms with Gasteiger partial charge in [0.15, 0.2) is 0 Å². The van der Waals surface area contributed by atoms with Crippen molar-refractivity contribution in [1.29, 1.82) is 0 Å². The summed E-state index contributed by atoms with van der Waals surface area (Å²) in [7, 11) is 0. The van der Waals surface area contributed by atoms with E-state index in [0.717, 1.165) is 31.4 Å². The minimum absolute atomic E-state index is 0.0110. The fourth-order valence-electron chi connectivity index (χ4n) is 2.59. The zero-order valence-corrected chi connectivity index (χ0v) is 12.5. The van der Waals surface area contributed by atoms with E-state index in [1.165, 1.54) is 6.08 Å². The Morgan fingerprint density at radius 2 is 1.95 bits per heavy atom. The molecule has 1 aliphatic rings. The lowest BCUT2D eigenvalue weighted by Gasteiger charge is -2.29. The molecule has 0 saturated heterocycles. The van der Waals surface area contributed by atoms with Crippen LogP contribution >= 0.6 is 0 Å². The number of nitrogens with zero attached hydrogens (tertiary/aromatic N) is 1. The minimum atomic E-state index is -0.112. The average molecular weight is 305 g/mol. The molecule has 0 atom stereocenters. The molecule has 0 bridgehead atoms. The van der Waals surface area contributed by atoms with Crippen molar-refractivity contribution in [2.45, 2.75) is 44.2 Å². The minimum Gasteiger partial charge on any atom is -0.353 e. The maximum atomic E-state index is 11.8. The monoisotopic (exact) mass is 305 g/mol. The third kappa shape index (κ3) is 5.33. The van der Waals surface area contributed by atoms with Crippen LogP contribution in [0, 0.1) is 0 Å². The second kappa shape index (κ2) is 8.33. The van der Waals surface area contributed by atoms with Gasteiger partial charge in [0.2, 0.25) is 11.8 Å². The van der Waals surface area contributed by atoms with Crippen LogP contribution in [0.1, 0.15) is 37.8 Å². The van der Waals surface area contributed by atoms with Gasteiger partial charge in [0.1, 0.15) is 0 Å². The summed E-state index contributed by atoms with van der Waals surface area (Å²) in [5.74, 6) is -0.101. The van der Waals surface area contributed by atoms with Gasteiger partial charge in [0.05, 0.1) is 12.0 Å². The number of hydrogen-bond donors (Lipinski definition) is 4. The molecule has 0 aromatic carbocycles. The third-order valence-corrected chi connectivity index (χ3v) is 3.73. The Balaban J connectivity index is 1.68. The van der Waals surface area contributed by atoms with Gasteiger partial charge in [-0.2, -0.15) is 0 Å². The van der Waals surface area contributed by atoms with E-state index in [0.29, 0.717) is 13.0 Å². The number of hydrogen-bond acceptors (Lipinski definition) is 4. The Kier molecular flexibility index (Phi) is 6.14. The van der Waals surface area contributed by atoms with Gasteiger partial charge < -0.3 is 21.4 Å². The summed E-state index contributed by atoms with van der Waals surface area (Å²) in [6.07, 6.45) is 10.3. The number of H-pyrrole nitrogens is 1. The molecular weight excluding hydrogens is 282 g/mol. The molecule has 0 unspecified atom stereocenters. The van der Waals surface area contributed by atoms with E-state index in [1.54, 1.807) is 18.6 Å². The van der Waals surface area contributed by atoms with Crippen molar-refractivity contribution in [3.05, 3.63) is 24.3 Å². The highest BCUT2D eigenvalue weighted by Gasteiger charge is 2.22. The Labute approximate surface area is 129 Å². The van der Waals surface area contributed by atoms with Crippen molar-refractivity contribution >= 4 is 17.9 Å². The van der Waals surface area contributed by atoms with Crippen LogP contribution in [0.4, 0.5) is 0 Å². The van der Waals surface area contributed by atoms with Crippen LogP contribution in [-0.2, 0) is 9.59 Å². The van der Waals surface area contributed by atoms with E-state index in [-0.39, 0.29) is 23.9 Å². The molecule has 22 heavy (non-hydrogen) atoms. The Morgan fingerprint density at radius 3 is 2.55 bits per heavy atom. The van der Waals surface area contributed by atoms with Crippen LogP contribution in [0.5, 0.6) is 0 Å². The van der Waals surface area contributed by atoms with Crippen molar-refractivity contribution in [3.63, 3.8) is 0 Å². The van der Waals surface area contributed by atoms with Crippen LogP contribution in [0.25, 0.3) is 6.08 Å². The predicted molar refractivity (Wildman–Crippen MR) is 83.6 cm³/mol. The zero-order chi connectivity index (χ0) is 15.8. The van der Waals surface area contributed by atoms with Crippen molar-refractivity contribution in [2.75, 3.05) is 6.54 Å². The number of nitrogens with two attached hydrogens (primary N) is 1. The van der Waals surface area contributed by atoms with Crippen LogP contribution in [0.15, 0.2) is 18.6 Å². The molecule has 2 amide bonds. The third-order valence-electron chi connectivity index (χ3n) is 3.73. The normalized spacial score (nSPS) is 21.7. The van der Waals surface area contributed by atoms with Gasteiger partial charge in [-0.15, -0.1) is 0 Å². The average Bonchev–Trinajstić information content (AvgIpc) is 3.01. The number of aromatic amines is 1. The number of rotatable bonds is 6. The lowest BCUT2D eigenvalue weighted by Crippen LogP contribution is -2.43. The standard InChI is InChI=1S/C15H23N5O2/c16-8-7-15(22)20-12-3-1-11(2-4-12)19-14(21)6-5-13-9-17-10-18-13/h5-6,9-12H,1-4,7-8,16H2,(H,17,18)(H,19,21)(H,20,22)/b6-5+. The van der Waals surface area contributed by atoms with Gasteiger partial charge in [0.25, 0.3) is 0 Å². The lowest BCUT2D eigenvalue weighted by molar-refractivity contribution is -0.122. The number of carbonyl (C=O) groups excluding carboxylic acids is 2. The van der Waals surface area contributed by atoms with E-state index >= 15 is 0 Å². The maximum absolute atomic E-state index is 11.8. The first-order chi connectivity index (χ1) is 10.7. The quantitative estimate of drug-likeness (QED) is 0.567. The van der Waals surface area contributed by atoms with E-state index < -0.39 is 0 Å². The van der Waals surface area contributed by atoms with Gasteiger partial charge in [0, 0.05) is 37.3 Å². The fraction of sp³-hybridized carbons (Fsp3) is 0.533. The summed E-state index contributed by atoms with van der Waals surface area (Å²) in [5, 5.41) is 5.96. The lowest BCUT2D eigenvalue weighted by atomic mass is 9.91. The molecular formula is C15H23N5O2. The van der Waals surface area contributed by atoms with Crippen molar-refractivity contribution in [2.24, 2.45) is 5.73 Å². The second-order valence-corrected chi connectivity index (χ2v) is 5.49. The highest BCUT2D eigenvalue weighted by Crippen LogP contribution is 2.18. The van der Waals surface area contributed by atoms with Crippen molar-refractivity contribution < 1.29 is 9.59 Å². The van der Waals surface area contributed by atoms with E-state index in [4.69, 9.17) is 5.73 Å². The molecule has 5 N–H and O–H groups in total. The smallest absolute Gasteiger partial charge is 0.244 e. The molecule has 1 fully saturated rings. The van der Waals surface area contributed by atoms with Gasteiger partial charge in [-0.05, 0) is 31.8 Å². The summed E-state index contributed by atoms with van der Waals surface area (Å²) < 4.78 is 0. The summed E-state index contributed by atoms with van der Waals surface area (Å²) in [6.45, 7) is 0.375. The number of imidazole rings is 1. The highest BCUT2D eigenvalue weighted by molar-refractivity contribution is 5.91. The molecule has 120 valence electrons. The molecule has 1 saturated carbocycles. The summed E-state index contributed by atoms with van der Waals surface area (Å²) in [4.78, 5) is 30.2. The number of carbonyl (C=O) groups is 2. The van der Waals surface area contributed by atoms with Gasteiger partial charge >= 0.3 is 0 Å². The van der Waals surface area contributed by atoms with Crippen LogP contribution in [0.2, 0.25) is 0 Å². The molecule has 7 nitrogen and oxygen atoms in total. The van der Waals surface area contributed by atoms with Crippen LogP contribution < -0.4 is 16.4 Å². The molecule has 1 aromatic rings. The molecule has 0 aliphatic heterocycles.